The molecule has 112 valence electrons. The lowest BCUT2D eigenvalue weighted by Gasteiger charge is -2.22. The lowest BCUT2D eigenvalue weighted by atomic mass is 10.1. The number of aliphatic hydroxyl groups excluding tert-OH is 2. The van der Waals surface area contributed by atoms with Crippen LogP contribution >= 0.6 is 0 Å². The van der Waals surface area contributed by atoms with Crippen molar-refractivity contribution in [1.82, 2.24) is 4.90 Å². The maximum absolute atomic E-state index is 10.9. The van der Waals surface area contributed by atoms with E-state index in [0.717, 1.165) is 11.3 Å². The van der Waals surface area contributed by atoms with Gasteiger partial charge < -0.3 is 15.5 Å². The van der Waals surface area contributed by atoms with Crippen molar-refractivity contribution in [2.75, 3.05) is 38.2 Å². The Bertz CT molecular complexity index is 434. The number of aliphatic hydroxyl groups is 2. The van der Waals surface area contributed by atoms with Crippen LogP contribution in [0.15, 0.2) is 18.2 Å². The zero-order valence-electron chi connectivity index (χ0n) is 11.6. The van der Waals surface area contributed by atoms with Gasteiger partial charge in [0.25, 0.3) is 5.69 Å². The molecule has 3 N–H and O–H groups in total. The van der Waals surface area contributed by atoms with Gasteiger partial charge in [0.05, 0.1) is 18.1 Å². The van der Waals surface area contributed by atoms with Crippen LogP contribution < -0.4 is 5.32 Å². The number of non-ortho nitro benzene ring substituents is 1. The Labute approximate surface area is 118 Å². The van der Waals surface area contributed by atoms with E-state index in [1.165, 1.54) is 12.1 Å². The molecule has 0 bridgehead atoms. The normalized spacial score (nSPS) is 10.8. The van der Waals surface area contributed by atoms with Crippen molar-refractivity contribution in [3.05, 3.63) is 33.9 Å². The van der Waals surface area contributed by atoms with Gasteiger partial charge in [-0.1, -0.05) is 0 Å². The standard InChI is InChI=1S/C13H21N3O4/c1-2-14-13-4-3-12(16(19)20)9-11(13)10-15(5-7-17)6-8-18/h3-4,9,14,17-18H,2,5-8,10H2,1H3. The van der Waals surface area contributed by atoms with E-state index < -0.39 is 4.92 Å². The number of nitrogens with one attached hydrogen (secondary N) is 1. The SMILES string of the molecule is CCNc1ccc([N+](=O)[O-])cc1CN(CCO)CCO. The first-order valence-electron chi connectivity index (χ1n) is 6.57. The van der Waals surface area contributed by atoms with Gasteiger partial charge in [-0.3, -0.25) is 15.0 Å². The molecular weight excluding hydrogens is 262 g/mol. The quantitative estimate of drug-likeness (QED) is 0.458. The predicted octanol–water partition coefficient (Wildman–Crippen LogP) is 0.813. The fraction of sp³-hybridized carbons (Fsp3) is 0.538. The topological polar surface area (TPSA) is 98.9 Å². The molecule has 0 unspecified atom stereocenters. The maximum atomic E-state index is 10.9. The van der Waals surface area contributed by atoms with Crippen molar-refractivity contribution in [2.45, 2.75) is 13.5 Å². The molecule has 0 saturated carbocycles. The Hall–Kier alpha value is -1.70. The summed E-state index contributed by atoms with van der Waals surface area (Å²) in [6, 6.07) is 4.68. The Morgan fingerprint density at radius 1 is 1.30 bits per heavy atom. The summed E-state index contributed by atoms with van der Waals surface area (Å²) in [5, 5.41) is 32.0. The molecule has 7 nitrogen and oxygen atoms in total. The molecule has 20 heavy (non-hydrogen) atoms. The van der Waals surface area contributed by atoms with E-state index in [-0.39, 0.29) is 18.9 Å². The highest BCUT2D eigenvalue weighted by Gasteiger charge is 2.13. The third-order valence-corrected chi connectivity index (χ3v) is 2.89. The summed E-state index contributed by atoms with van der Waals surface area (Å²) in [5.74, 6) is 0. The van der Waals surface area contributed by atoms with E-state index >= 15 is 0 Å². The number of nitro groups is 1. The summed E-state index contributed by atoms with van der Waals surface area (Å²) in [6.45, 7) is 3.88. The Morgan fingerprint density at radius 2 is 1.95 bits per heavy atom. The zero-order chi connectivity index (χ0) is 15.0. The second kappa shape index (κ2) is 8.47. The molecule has 1 rings (SSSR count). The molecule has 1 aromatic rings. The minimum Gasteiger partial charge on any atom is -0.395 e. The maximum Gasteiger partial charge on any atom is 0.269 e. The average molecular weight is 283 g/mol. The van der Waals surface area contributed by atoms with Gasteiger partial charge in [-0.25, -0.2) is 0 Å². The second-order valence-electron chi connectivity index (χ2n) is 4.35. The molecule has 0 spiro atoms. The summed E-state index contributed by atoms with van der Waals surface area (Å²) < 4.78 is 0. The van der Waals surface area contributed by atoms with Crippen molar-refractivity contribution in [1.29, 1.82) is 0 Å². The molecule has 0 aliphatic rings. The molecule has 0 aliphatic heterocycles. The first-order chi connectivity index (χ1) is 9.62. The van der Waals surface area contributed by atoms with Crippen LogP contribution in [0.25, 0.3) is 0 Å². The Balaban J connectivity index is 2.97. The van der Waals surface area contributed by atoms with E-state index in [1.807, 2.05) is 11.8 Å². The highest BCUT2D eigenvalue weighted by molar-refractivity contribution is 5.56. The van der Waals surface area contributed by atoms with Gasteiger partial charge >= 0.3 is 0 Å². The van der Waals surface area contributed by atoms with Crippen LogP contribution in [0.1, 0.15) is 12.5 Å². The van der Waals surface area contributed by atoms with Crippen LogP contribution in [0.3, 0.4) is 0 Å². The van der Waals surface area contributed by atoms with Gasteiger partial charge in [-0.05, 0) is 18.6 Å². The molecule has 0 aliphatic carbocycles. The molecule has 7 heteroatoms. The number of anilines is 1. The summed E-state index contributed by atoms with van der Waals surface area (Å²) in [6.07, 6.45) is 0. The van der Waals surface area contributed by atoms with Gasteiger partial charge in [0, 0.05) is 44.0 Å². The minimum atomic E-state index is -0.429. The summed E-state index contributed by atoms with van der Waals surface area (Å²) in [5.41, 5.74) is 1.65. The molecule has 0 radical (unpaired) electrons. The lowest BCUT2D eigenvalue weighted by Crippen LogP contribution is -2.29. The van der Waals surface area contributed by atoms with Crippen molar-refractivity contribution in [2.24, 2.45) is 0 Å². The van der Waals surface area contributed by atoms with E-state index in [4.69, 9.17) is 10.2 Å². The third-order valence-electron chi connectivity index (χ3n) is 2.89. The van der Waals surface area contributed by atoms with E-state index in [1.54, 1.807) is 6.07 Å². The van der Waals surface area contributed by atoms with Crippen molar-refractivity contribution in [3.63, 3.8) is 0 Å². The first-order valence-corrected chi connectivity index (χ1v) is 6.57. The fourth-order valence-electron chi connectivity index (χ4n) is 1.98. The lowest BCUT2D eigenvalue weighted by molar-refractivity contribution is -0.384. The van der Waals surface area contributed by atoms with Gasteiger partial charge in [0.1, 0.15) is 0 Å². The first kappa shape index (κ1) is 16.4. The van der Waals surface area contributed by atoms with Gasteiger partial charge in [-0.2, -0.15) is 0 Å². The molecule has 1 aromatic carbocycles. The number of hydrogen-bond acceptors (Lipinski definition) is 6. The number of benzene rings is 1. The van der Waals surface area contributed by atoms with Crippen LogP contribution in [0.2, 0.25) is 0 Å². The largest absolute Gasteiger partial charge is 0.395 e. The van der Waals surface area contributed by atoms with Crippen molar-refractivity contribution >= 4 is 11.4 Å². The van der Waals surface area contributed by atoms with Crippen LogP contribution in [0, 0.1) is 10.1 Å². The highest BCUT2D eigenvalue weighted by Crippen LogP contribution is 2.23. The number of hydrogen-bond donors (Lipinski definition) is 3. The fourth-order valence-corrected chi connectivity index (χ4v) is 1.98. The molecule has 0 saturated heterocycles. The van der Waals surface area contributed by atoms with Gasteiger partial charge in [-0.15, -0.1) is 0 Å². The molecule has 0 atom stereocenters. The van der Waals surface area contributed by atoms with Crippen LogP contribution in [-0.2, 0) is 6.54 Å². The van der Waals surface area contributed by atoms with E-state index in [2.05, 4.69) is 5.32 Å². The smallest absolute Gasteiger partial charge is 0.269 e. The predicted molar refractivity (Wildman–Crippen MR) is 76.7 cm³/mol. The van der Waals surface area contributed by atoms with Crippen molar-refractivity contribution in [3.8, 4) is 0 Å². The summed E-state index contributed by atoms with van der Waals surface area (Å²) in [7, 11) is 0. The average Bonchev–Trinajstić information content (AvgIpc) is 2.41. The summed E-state index contributed by atoms with van der Waals surface area (Å²) >= 11 is 0. The van der Waals surface area contributed by atoms with Crippen molar-refractivity contribution < 1.29 is 15.1 Å². The van der Waals surface area contributed by atoms with Crippen LogP contribution in [0.4, 0.5) is 11.4 Å². The Morgan fingerprint density at radius 3 is 2.45 bits per heavy atom. The Kier molecular flexibility index (Phi) is 6.92. The molecule has 0 aromatic heterocycles. The van der Waals surface area contributed by atoms with Gasteiger partial charge in [0.15, 0.2) is 0 Å². The third kappa shape index (κ3) is 4.76. The monoisotopic (exact) mass is 283 g/mol. The summed E-state index contributed by atoms with van der Waals surface area (Å²) in [4.78, 5) is 12.3. The minimum absolute atomic E-state index is 0.0224. The number of nitrogens with zero attached hydrogens (tertiary/aromatic N) is 2. The van der Waals surface area contributed by atoms with Crippen LogP contribution in [0.5, 0.6) is 0 Å². The number of rotatable bonds is 9. The van der Waals surface area contributed by atoms with Gasteiger partial charge in [0.2, 0.25) is 0 Å². The molecule has 0 amide bonds. The second-order valence-corrected chi connectivity index (χ2v) is 4.35. The number of nitro benzene ring substituents is 1. The highest BCUT2D eigenvalue weighted by atomic mass is 16.6. The van der Waals surface area contributed by atoms with E-state index in [0.29, 0.717) is 26.2 Å². The molecular formula is C13H21N3O4. The molecule has 0 fully saturated rings. The van der Waals surface area contributed by atoms with E-state index in [9.17, 15) is 10.1 Å². The zero-order valence-corrected chi connectivity index (χ0v) is 11.6. The molecule has 0 heterocycles. The van der Waals surface area contributed by atoms with Crippen LogP contribution in [-0.4, -0.2) is 52.9 Å².